The zero-order valence-corrected chi connectivity index (χ0v) is 16.5. The third-order valence-electron chi connectivity index (χ3n) is 3.83. The molecule has 0 aliphatic rings. The molecule has 0 bridgehead atoms. The number of hydrogen-bond donors (Lipinski definition) is 0. The van der Waals surface area contributed by atoms with Crippen LogP contribution in [0, 0.1) is 0 Å². The molecule has 7 heteroatoms. The van der Waals surface area contributed by atoms with Gasteiger partial charge in [-0.25, -0.2) is 0 Å². The van der Waals surface area contributed by atoms with Gasteiger partial charge in [-0.15, -0.1) is 10.2 Å². The van der Waals surface area contributed by atoms with Gasteiger partial charge in [0.05, 0.1) is 10.0 Å². The number of aromatic nitrogens is 3. The van der Waals surface area contributed by atoms with Crippen molar-refractivity contribution in [2.24, 2.45) is 7.05 Å². The van der Waals surface area contributed by atoms with Crippen molar-refractivity contribution in [1.82, 2.24) is 14.8 Å². The van der Waals surface area contributed by atoms with Crippen LogP contribution >= 0.6 is 35.0 Å². The van der Waals surface area contributed by atoms with Crippen molar-refractivity contribution in [2.45, 2.75) is 10.9 Å². The fourth-order valence-electron chi connectivity index (χ4n) is 2.38. The molecule has 0 aliphatic heterocycles. The first kappa shape index (κ1) is 18.1. The lowest BCUT2D eigenvalue weighted by Crippen LogP contribution is -2.08. The molecule has 4 nitrogen and oxygen atoms in total. The molecule has 0 fully saturated rings. The highest BCUT2D eigenvalue weighted by atomic mass is 35.5. The number of thioether (sulfide) groups is 1. The van der Waals surface area contributed by atoms with E-state index in [4.69, 9.17) is 23.2 Å². The van der Waals surface area contributed by atoms with Crippen molar-refractivity contribution in [1.29, 1.82) is 0 Å². The maximum absolute atomic E-state index is 6.07. The Kier molecular flexibility index (Phi) is 5.57. The minimum atomic E-state index is 0.567. The normalized spacial score (nSPS) is 10.9. The second-order valence-corrected chi connectivity index (χ2v) is 7.60. The number of anilines is 1. The molecular weight excluding hydrogens is 375 g/mol. The molecule has 130 valence electrons. The number of halogens is 2. The molecule has 0 spiro atoms. The molecule has 3 rings (SSSR count). The Morgan fingerprint density at radius 1 is 1.00 bits per heavy atom. The Bertz CT molecular complexity index is 875. The van der Waals surface area contributed by atoms with Crippen LogP contribution in [-0.4, -0.2) is 28.9 Å². The lowest BCUT2D eigenvalue weighted by Gasteiger charge is -2.12. The van der Waals surface area contributed by atoms with Gasteiger partial charge in [0.1, 0.15) is 0 Å². The smallest absolute Gasteiger partial charge is 0.191 e. The van der Waals surface area contributed by atoms with Gasteiger partial charge in [0.2, 0.25) is 0 Å². The van der Waals surface area contributed by atoms with Crippen LogP contribution in [0.15, 0.2) is 47.6 Å². The molecule has 0 amide bonds. The summed E-state index contributed by atoms with van der Waals surface area (Å²) < 4.78 is 2.01. The van der Waals surface area contributed by atoms with Crippen molar-refractivity contribution in [3.63, 3.8) is 0 Å². The summed E-state index contributed by atoms with van der Waals surface area (Å²) in [6.07, 6.45) is 0. The molecular formula is C18H18Cl2N4S. The molecule has 1 aromatic heterocycles. The first-order chi connectivity index (χ1) is 12.0. The van der Waals surface area contributed by atoms with Gasteiger partial charge < -0.3 is 9.47 Å². The molecule has 1 heterocycles. The van der Waals surface area contributed by atoms with Crippen molar-refractivity contribution in [2.75, 3.05) is 19.0 Å². The lowest BCUT2D eigenvalue weighted by molar-refractivity contribution is 0.794. The summed E-state index contributed by atoms with van der Waals surface area (Å²) in [5.74, 6) is 1.60. The van der Waals surface area contributed by atoms with Crippen LogP contribution in [0.25, 0.3) is 11.4 Å². The predicted octanol–water partition coefficient (Wildman–Crippen LogP) is 5.15. The monoisotopic (exact) mass is 392 g/mol. The van der Waals surface area contributed by atoms with E-state index in [0.717, 1.165) is 33.5 Å². The third kappa shape index (κ3) is 4.11. The molecule has 3 aromatic rings. The first-order valence-electron chi connectivity index (χ1n) is 7.69. The van der Waals surface area contributed by atoms with E-state index in [1.807, 2.05) is 43.9 Å². The molecule has 2 aromatic carbocycles. The average molecular weight is 393 g/mol. The van der Waals surface area contributed by atoms with E-state index in [9.17, 15) is 0 Å². The fourth-order valence-corrected chi connectivity index (χ4v) is 3.55. The summed E-state index contributed by atoms with van der Waals surface area (Å²) in [6, 6.07) is 13.9. The predicted molar refractivity (Wildman–Crippen MR) is 107 cm³/mol. The molecule has 0 aliphatic carbocycles. The minimum absolute atomic E-state index is 0.567. The van der Waals surface area contributed by atoms with Gasteiger partial charge in [-0.3, -0.25) is 0 Å². The van der Waals surface area contributed by atoms with Crippen LogP contribution in [-0.2, 0) is 12.8 Å². The van der Waals surface area contributed by atoms with Crippen molar-refractivity contribution < 1.29 is 0 Å². The highest BCUT2D eigenvalue weighted by Crippen LogP contribution is 2.29. The Hall–Kier alpha value is -1.69. The van der Waals surface area contributed by atoms with E-state index in [-0.39, 0.29) is 0 Å². The van der Waals surface area contributed by atoms with Crippen LogP contribution < -0.4 is 4.90 Å². The highest BCUT2D eigenvalue weighted by Gasteiger charge is 2.12. The minimum Gasteiger partial charge on any atom is -0.378 e. The zero-order chi connectivity index (χ0) is 18.0. The molecule has 0 atom stereocenters. The number of nitrogens with zero attached hydrogens (tertiary/aromatic N) is 4. The number of benzene rings is 2. The Labute approximate surface area is 161 Å². The van der Waals surface area contributed by atoms with Gasteiger partial charge in [-0.1, -0.05) is 41.0 Å². The van der Waals surface area contributed by atoms with E-state index in [2.05, 4.69) is 39.4 Å². The Morgan fingerprint density at radius 3 is 2.36 bits per heavy atom. The average Bonchev–Trinajstić information content (AvgIpc) is 2.97. The largest absolute Gasteiger partial charge is 0.378 e. The van der Waals surface area contributed by atoms with E-state index in [1.54, 1.807) is 11.8 Å². The van der Waals surface area contributed by atoms with Crippen LogP contribution in [0.3, 0.4) is 0 Å². The van der Waals surface area contributed by atoms with Gasteiger partial charge in [0.15, 0.2) is 11.0 Å². The van der Waals surface area contributed by atoms with E-state index in [1.165, 1.54) is 0 Å². The third-order valence-corrected chi connectivity index (χ3v) is 5.66. The second-order valence-electron chi connectivity index (χ2n) is 5.84. The quantitative estimate of drug-likeness (QED) is 0.562. The maximum Gasteiger partial charge on any atom is 0.191 e. The summed E-state index contributed by atoms with van der Waals surface area (Å²) >= 11 is 13.6. The van der Waals surface area contributed by atoms with Crippen molar-refractivity contribution in [3.05, 3.63) is 58.1 Å². The SMILES string of the molecule is CN(C)c1ccc(-c2nnc(SCc3ccc(Cl)c(Cl)c3)n2C)cc1. The molecule has 0 radical (unpaired) electrons. The molecule has 0 saturated heterocycles. The lowest BCUT2D eigenvalue weighted by atomic mass is 10.2. The van der Waals surface area contributed by atoms with Crippen molar-refractivity contribution in [3.8, 4) is 11.4 Å². The fraction of sp³-hybridized carbons (Fsp3) is 0.222. The summed E-state index contributed by atoms with van der Waals surface area (Å²) in [5.41, 5.74) is 3.29. The number of hydrogen-bond acceptors (Lipinski definition) is 4. The van der Waals surface area contributed by atoms with E-state index in [0.29, 0.717) is 10.0 Å². The van der Waals surface area contributed by atoms with Crippen LogP contribution in [0.5, 0.6) is 0 Å². The van der Waals surface area contributed by atoms with Gasteiger partial charge in [0.25, 0.3) is 0 Å². The number of rotatable bonds is 5. The van der Waals surface area contributed by atoms with Crippen LogP contribution in [0.4, 0.5) is 5.69 Å². The maximum atomic E-state index is 6.07. The van der Waals surface area contributed by atoms with E-state index >= 15 is 0 Å². The topological polar surface area (TPSA) is 34.0 Å². The summed E-state index contributed by atoms with van der Waals surface area (Å²) in [5, 5.41) is 10.6. The van der Waals surface area contributed by atoms with E-state index < -0.39 is 0 Å². The van der Waals surface area contributed by atoms with Gasteiger partial charge in [-0.2, -0.15) is 0 Å². The summed E-state index contributed by atoms with van der Waals surface area (Å²) in [6.45, 7) is 0. The van der Waals surface area contributed by atoms with Crippen LogP contribution in [0.1, 0.15) is 5.56 Å². The van der Waals surface area contributed by atoms with Crippen LogP contribution in [0.2, 0.25) is 10.0 Å². The first-order valence-corrected chi connectivity index (χ1v) is 9.43. The van der Waals surface area contributed by atoms with Gasteiger partial charge in [-0.05, 0) is 42.0 Å². The van der Waals surface area contributed by atoms with Crippen molar-refractivity contribution >= 4 is 40.7 Å². The Balaban J connectivity index is 1.75. The summed E-state index contributed by atoms with van der Waals surface area (Å²) in [7, 11) is 6.02. The van der Waals surface area contributed by atoms with Gasteiger partial charge >= 0.3 is 0 Å². The Morgan fingerprint density at radius 2 is 1.72 bits per heavy atom. The molecule has 0 N–H and O–H groups in total. The second kappa shape index (κ2) is 7.68. The zero-order valence-electron chi connectivity index (χ0n) is 14.2. The molecule has 25 heavy (non-hydrogen) atoms. The summed E-state index contributed by atoms with van der Waals surface area (Å²) in [4.78, 5) is 2.07. The highest BCUT2D eigenvalue weighted by molar-refractivity contribution is 7.98. The molecule has 0 unspecified atom stereocenters. The van der Waals surface area contributed by atoms with Gasteiger partial charge in [0, 0.05) is 38.1 Å². The standard InChI is InChI=1S/C18H18Cl2N4S/c1-23(2)14-7-5-13(6-8-14)17-21-22-18(24(17)3)25-11-12-4-9-15(19)16(20)10-12/h4-10H,11H2,1-3H3. The molecule has 0 saturated carbocycles.